The highest BCUT2D eigenvalue weighted by Gasteiger charge is 2.24. The predicted molar refractivity (Wildman–Crippen MR) is 114 cm³/mol. The van der Waals surface area contributed by atoms with Gasteiger partial charge in [-0.2, -0.15) is 0 Å². The van der Waals surface area contributed by atoms with Gasteiger partial charge >= 0.3 is 0 Å². The molecule has 4 rings (SSSR count). The molecule has 9 heteroatoms. The highest BCUT2D eigenvalue weighted by atomic mass is 32.2. The first kappa shape index (κ1) is 19.2. The molecule has 0 bridgehead atoms. The van der Waals surface area contributed by atoms with Crippen molar-refractivity contribution in [3.63, 3.8) is 0 Å². The first-order valence-electron chi connectivity index (χ1n) is 9.38. The number of anilines is 1. The molecule has 1 aromatic carbocycles. The van der Waals surface area contributed by atoms with Crippen LogP contribution in [0.2, 0.25) is 0 Å². The monoisotopic (exact) mass is 416 g/mol. The highest BCUT2D eigenvalue weighted by molar-refractivity contribution is 7.92. The largest absolute Gasteiger partial charge is 0.338 e. The molecular weight excluding hydrogens is 392 g/mol. The summed E-state index contributed by atoms with van der Waals surface area (Å²) < 4.78 is 21.2. The van der Waals surface area contributed by atoms with Crippen LogP contribution in [0.5, 0.6) is 0 Å². The van der Waals surface area contributed by atoms with Crippen LogP contribution < -0.4 is 4.90 Å². The van der Waals surface area contributed by atoms with Gasteiger partial charge in [0, 0.05) is 50.4 Å². The summed E-state index contributed by atoms with van der Waals surface area (Å²) in [5, 5.41) is 0. The number of fused-ring (bicyclic) bond motifs is 1. The van der Waals surface area contributed by atoms with Gasteiger partial charge in [0.2, 0.25) is 5.95 Å². The number of piperazine rings is 1. The van der Waals surface area contributed by atoms with Crippen LogP contribution in [0, 0.1) is 4.78 Å². The smallest absolute Gasteiger partial charge is 0.225 e. The zero-order chi connectivity index (χ0) is 19.7. The molecule has 1 aliphatic rings. The van der Waals surface area contributed by atoms with Crippen molar-refractivity contribution in [2.45, 2.75) is 24.8 Å². The second kappa shape index (κ2) is 7.73. The third kappa shape index (κ3) is 3.74. The van der Waals surface area contributed by atoms with E-state index in [-0.39, 0.29) is 5.75 Å². The summed E-state index contributed by atoms with van der Waals surface area (Å²) >= 11 is 1.67. The van der Waals surface area contributed by atoms with E-state index in [1.54, 1.807) is 30.7 Å². The molecule has 1 saturated heterocycles. The van der Waals surface area contributed by atoms with Gasteiger partial charge < -0.3 is 4.90 Å². The van der Waals surface area contributed by atoms with Gasteiger partial charge in [-0.25, -0.2) is 23.9 Å². The second-order valence-corrected chi connectivity index (χ2v) is 10.2. The summed E-state index contributed by atoms with van der Waals surface area (Å²) in [6.45, 7) is 7.51. The van der Waals surface area contributed by atoms with Crippen molar-refractivity contribution in [1.82, 2.24) is 19.9 Å². The molecule has 0 radical (unpaired) electrons. The number of hydrogen-bond acceptors (Lipinski definition) is 8. The van der Waals surface area contributed by atoms with E-state index >= 15 is 0 Å². The quantitative estimate of drug-likeness (QED) is 0.686. The maximum absolute atomic E-state index is 12.1. The fourth-order valence-electron chi connectivity index (χ4n) is 3.46. The Bertz CT molecular complexity index is 1060. The topological polar surface area (TPSA) is 86.1 Å². The second-order valence-electron chi connectivity index (χ2n) is 6.96. The lowest BCUT2D eigenvalue weighted by Gasteiger charge is -2.38. The molecule has 28 heavy (non-hydrogen) atoms. The van der Waals surface area contributed by atoms with Gasteiger partial charge in [-0.05, 0) is 24.6 Å². The zero-order valence-corrected chi connectivity index (χ0v) is 17.7. The van der Waals surface area contributed by atoms with E-state index in [2.05, 4.69) is 49.9 Å². The van der Waals surface area contributed by atoms with Gasteiger partial charge in [-0.3, -0.25) is 4.90 Å². The molecule has 7 nitrogen and oxygen atoms in total. The Morgan fingerprint density at radius 1 is 1.18 bits per heavy atom. The van der Waals surface area contributed by atoms with E-state index < -0.39 is 9.73 Å². The van der Waals surface area contributed by atoms with E-state index in [9.17, 15) is 4.21 Å². The molecular formula is C19H24N6OS2. The number of benzene rings is 1. The molecule has 0 spiro atoms. The Balaban J connectivity index is 1.41. The van der Waals surface area contributed by atoms with Crippen LogP contribution in [0.25, 0.3) is 10.2 Å². The fraction of sp³-hybridized carbons (Fsp3) is 0.421. The number of rotatable bonds is 5. The van der Waals surface area contributed by atoms with Crippen molar-refractivity contribution in [2.24, 2.45) is 0 Å². The van der Waals surface area contributed by atoms with E-state index in [1.165, 1.54) is 10.3 Å². The zero-order valence-electron chi connectivity index (χ0n) is 16.0. The van der Waals surface area contributed by atoms with E-state index in [0.29, 0.717) is 16.9 Å². The summed E-state index contributed by atoms with van der Waals surface area (Å²) in [6, 6.07) is 6.88. The van der Waals surface area contributed by atoms with Crippen LogP contribution in [-0.2, 0) is 9.73 Å². The third-order valence-electron chi connectivity index (χ3n) is 5.38. The minimum absolute atomic E-state index is 0.277. The van der Waals surface area contributed by atoms with Gasteiger partial charge in [-0.15, -0.1) is 11.3 Å². The lowest BCUT2D eigenvalue weighted by molar-refractivity contribution is 0.198. The fourth-order valence-corrected chi connectivity index (χ4v) is 4.90. The molecule has 1 fully saturated rings. The molecule has 2 atom stereocenters. The average Bonchev–Trinajstić information content (AvgIpc) is 3.21. The van der Waals surface area contributed by atoms with Crippen molar-refractivity contribution in [3.05, 3.63) is 41.7 Å². The average molecular weight is 417 g/mol. The molecule has 1 aliphatic heterocycles. The van der Waals surface area contributed by atoms with Gasteiger partial charge in [0.25, 0.3) is 0 Å². The lowest BCUT2D eigenvalue weighted by Crippen LogP contribution is -2.47. The molecule has 0 amide bonds. The summed E-state index contributed by atoms with van der Waals surface area (Å²) in [5.74, 6) is 0.921. The minimum Gasteiger partial charge on any atom is -0.338 e. The molecule has 3 heterocycles. The molecule has 2 aromatic heterocycles. The Labute approximate surface area is 169 Å². The third-order valence-corrected chi connectivity index (χ3v) is 7.98. The molecule has 3 aromatic rings. The van der Waals surface area contributed by atoms with Crippen LogP contribution in [-0.4, -0.2) is 56.0 Å². The summed E-state index contributed by atoms with van der Waals surface area (Å²) in [7, 11) is -2.76. The molecule has 0 aliphatic carbocycles. The number of nitrogens with zero attached hydrogens (tertiary/aromatic N) is 5. The van der Waals surface area contributed by atoms with Crippen molar-refractivity contribution in [2.75, 3.05) is 36.8 Å². The Morgan fingerprint density at radius 3 is 2.57 bits per heavy atom. The molecule has 1 unspecified atom stereocenters. The van der Waals surface area contributed by atoms with Crippen LogP contribution >= 0.6 is 11.3 Å². The first-order chi connectivity index (χ1) is 13.5. The maximum atomic E-state index is 12.1. The number of thiazole rings is 1. The summed E-state index contributed by atoms with van der Waals surface area (Å²) in [6.07, 6.45) is 3.08. The summed E-state index contributed by atoms with van der Waals surface area (Å²) in [5.41, 5.74) is 4.25. The normalized spacial score (nSPS) is 18.9. The highest BCUT2D eigenvalue weighted by Crippen LogP contribution is 2.27. The van der Waals surface area contributed by atoms with E-state index in [1.807, 2.05) is 5.51 Å². The van der Waals surface area contributed by atoms with E-state index in [0.717, 1.165) is 31.7 Å². The standard InChI is InChI=1S/C19H24N6OS2/c1-3-28(20,26)16-11-21-19(22-12-16)25-8-6-24(7-9-25)14(2)15-4-5-18-17(10-15)23-13-27-18/h4-5,10-14,20H,3,6-9H2,1-2H3/t14-,28?/m0/s1. The summed E-state index contributed by atoms with van der Waals surface area (Å²) in [4.78, 5) is 18.2. The van der Waals surface area contributed by atoms with Crippen molar-refractivity contribution in [1.29, 1.82) is 4.78 Å². The minimum atomic E-state index is -2.76. The lowest BCUT2D eigenvalue weighted by atomic mass is 10.1. The van der Waals surface area contributed by atoms with Gasteiger partial charge in [0.15, 0.2) is 0 Å². The van der Waals surface area contributed by atoms with Crippen molar-refractivity contribution < 1.29 is 4.21 Å². The molecule has 0 saturated carbocycles. The van der Waals surface area contributed by atoms with Gasteiger partial charge in [-0.1, -0.05) is 13.0 Å². The van der Waals surface area contributed by atoms with Crippen LogP contribution in [0.15, 0.2) is 41.0 Å². The Kier molecular flexibility index (Phi) is 5.31. The van der Waals surface area contributed by atoms with Crippen molar-refractivity contribution >= 4 is 37.2 Å². The Hall–Kier alpha value is -2.10. The Morgan fingerprint density at radius 2 is 1.89 bits per heavy atom. The number of nitrogens with one attached hydrogen (secondary N) is 1. The predicted octanol–water partition coefficient (Wildman–Crippen LogP) is 3.40. The molecule has 1 N–H and O–H groups in total. The van der Waals surface area contributed by atoms with Crippen LogP contribution in [0.4, 0.5) is 5.95 Å². The number of hydrogen-bond donors (Lipinski definition) is 1. The van der Waals surface area contributed by atoms with Crippen LogP contribution in [0.1, 0.15) is 25.5 Å². The van der Waals surface area contributed by atoms with Gasteiger partial charge in [0.1, 0.15) is 0 Å². The van der Waals surface area contributed by atoms with Crippen LogP contribution in [0.3, 0.4) is 0 Å². The maximum Gasteiger partial charge on any atom is 0.225 e. The van der Waals surface area contributed by atoms with E-state index in [4.69, 9.17) is 4.78 Å². The number of aromatic nitrogens is 3. The SMILES string of the molecule is CCS(=N)(=O)c1cnc(N2CCN([C@@H](C)c3ccc4scnc4c3)CC2)nc1. The molecule has 148 valence electrons. The van der Waals surface area contributed by atoms with Gasteiger partial charge in [0.05, 0.1) is 30.4 Å². The van der Waals surface area contributed by atoms with Crippen molar-refractivity contribution in [3.8, 4) is 0 Å². The first-order valence-corrected chi connectivity index (χ1v) is 12.0.